The van der Waals surface area contributed by atoms with Crippen molar-refractivity contribution in [2.24, 2.45) is 0 Å². The van der Waals surface area contributed by atoms with Gasteiger partial charge in [-0.1, -0.05) is 0 Å². The van der Waals surface area contributed by atoms with Gasteiger partial charge in [0, 0.05) is 17.7 Å². The first-order valence-corrected chi connectivity index (χ1v) is 12.6. The summed E-state index contributed by atoms with van der Waals surface area (Å²) in [6.07, 6.45) is -9.43. The largest absolute Gasteiger partial charge is 0.508 e. The molecule has 44 heavy (non-hydrogen) atoms. The Bertz CT molecular complexity index is 1790. The first-order valence-electron chi connectivity index (χ1n) is 12.6. The Morgan fingerprint density at radius 1 is 0.773 bits per heavy atom. The molecule has 1 aliphatic heterocycles. The Morgan fingerprint density at radius 3 is 2.11 bits per heavy atom. The van der Waals surface area contributed by atoms with Gasteiger partial charge in [0.1, 0.15) is 53.5 Å². The Hall–Kier alpha value is -5.42. The molecule has 5 rings (SSSR count). The van der Waals surface area contributed by atoms with Crippen LogP contribution >= 0.6 is 0 Å². The highest BCUT2D eigenvalue weighted by molar-refractivity contribution is 5.91. The van der Waals surface area contributed by atoms with Crippen LogP contribution in [0.15, 0.2) is 51.7 Å². The molecule has 1 fully saturated rings. The van der Waals surface area contributed by atoms with Crippen molar-refractivity contribution in [3.8, 4) is 57.3 Å². The number of rotatable bonds is 6. The summed E-state index contributed by atoms with van der Waals surface area (Å²) in [6.45, 7) is -0.795. The van der Waals surface area contributed by atoms with Crippen LogP contribution in [0.2, 0.25) is 0 Å². The van der Waals surface area contributed by atoms with Gasteiger partial charge < -0.3 is 69.7 Å². The number of ether oxygens (including phenoxy) is 3. The number of aliphatic hydroxyl groups excluding tert-OH is 3. The lowest BCUT2D eigenvalue weighted by molar-refractivity contribution is -0.277. The van der Waals surface area contributed by atoms with E-state index in [2.05, 4.69) is 0 Å². The van der Waals surface area contributed by atoms with Crippen LogP contribution in [0.5, 0.6) is 46.0 Å². The van der Waals surface area contributed by atoms with Gasteiger partial charge in [0.2, 0.25) is 17.5 Å². The quantitative estimate of drug-likeness (QED) is 0.104. The van der Waals surface area contributed by atoms with Crippen molar-refractivity contribution in [3.05, 3.63) is 58.3 Å². The van der Waals surface area contributed by atoms with Crippen molar-refractivity contribution in [3.63, 3.8) is 0 Å². The lowest BCUT2D eigenvalue weighted by atomic mass is 9.99. The fourth-order valence-electron chi connectivity index (χ4n) is 4.46. The van der Waals surface area contributed by atoms with Gasteiger partial charge >= 0.3 is 5.97 Å². The van der Waals surface area contributed by atoms with Crippen molar-refractivity contribution in [1.29, 1.82) is 0 Å². The third-order valence-corrected chi connectivity index (χ3v) is 6.74. The minimum atomic E-state index is -2.02. The topological polar surface area (TPSA) is 277 Å². The molecule has 0 radical (unpaired) electrons. The number of carbonyl (C=O) groups is 1. The number of hydrogen-bond acceptors (Lipinski definition) is 16. The molecule has 1 aromatic heterocycles. The smallest absolute Gasteiger partial charge is 0.338 e. The Morgan fingerprint density at radius 2 is 1.45 bits per heavy atom. The summed E-state index contributed by atoms with van der Waals surface area (Å²) in [5.74, 6) is -7.19. The van der Waals surface area contributed by atoms with E-state index in [9.17, 15) is 60.7 Å². The van der Waals surface area contributed by atoms with Crippen molar-refractivity contribution in [2.75, 3.05) is 6.61 Å². The van der Waals surface area contributed by atoms with E-state index in [4.69, 9.17) is 18.6 Å². The Kier molecular flexibility index (Phi) is 7.75. The number of aliphatic hydroxyl groups is 3. The molecule has 2 heterocycles. The molecule has 1 saturated heterocycles. The normalized spacial score (nSPS) is 21.7. The molecule has 0 saturated carbocycles. The van der Waals surface area contributed by atoms with Crippen LogP contribution in [0.1, 0.15) is 10.4 Å². The second-order valence-corrected chi connectivity index (χ2v) is 9.73. The van der Waals surface area contributed by atoms with E-state index in [1.807, 2.05) is 0 Å². The molecule has 1 aliphatic rings. The molecule has 0 aliphatic carbocycles. The number of carbonyl (C=O) groups excluding carboxylic acids is 1. The zero-order chi connectivity index (χ0) is 32.0. The molecule has 4 aromatic rings. The number of aromatic hydroxyl groups is 7. The molecule has 232 valence electrons. The van der Waals surface area contributed by atoms with Crippen molar-refractivity contribution >= 4 is 16.9 Å². The molecule has 0 bridgehead atoms. The van der Waals surface area contributed by atoms with E-state index in [1.54, 1.807) is 0 Å². The summed E-state index contributed by atoms with van der Waals surface area (Å²) in [5, 5.41) is 99.8. The van der Waals surface area contributed by atoms with E-state index >= 15 is 0 Å². The highest BCUT2D eigenvalue weighted by Crippen LogP contribution is 2.40. The van der Waals surface area contributed by atoms with Crippen LogP contribution in [0.3, 0.4) is 0 Å². The zero-order valence-electron chi connectivity index (χ0n) is 22.1. The third kappa shape index (κ3) is 5.40. The Labute approximate surface area is 244 Å². The molecular formula is C28H24O16. The second-order valence-electron chi connectivity index (χ2n) is 9.73. The van der Waals surface area contributed by atoms with Gasteiger partial charge in [-0.15, -0.1) is 0 Å². The summed E-state index contributed by atoms with van der Waals surface area (Å²) in [5.41, 5.74) is -1.84. The zero-order valence-corrected chi connectivity index (χ0v) is 22.1. The van der Waals surface area contributed by atoms with Gasteiger partial charge in [-0.05, 0) is 30.3 Å². The molecule has 16 heteroatoms. The average Bonchev–Trinajstić information content (AvgIpc) is 2.97. The first kappa shape index (κ1) is 30.1. The van der Waals surface area contributed by atoms with E-state index in [0.717, 1.165) is 36.4 Å². The van der Waals surface area contributed by atoms with Crippen LogP contribution in [-0.4, -0.2) is 94.3 Å². The molecule has 2 unspecified atom stereocenters. The summed E-state index contributed by atoms with van der Waals surface area (Å²) in [4.78, 5) is 26.0. The summed E-state index contributed by atoms with van der Waals surface area (Å²) >= 11 is 0. The predicted molar refractivity (Wildman–Crippen MR) is 144 cm³/mol. The third-order valence-electron chi connectivity index (χ3n) is 6.74. The summed E-state index contributed by atoms with van der Waals surface area (Å²) in [7, 11) is 0. The second kappa shape index (κ2) is 11.3. The number of benzene rings is 3. The van der Waals surface area contributed by atoms with Gasteiger partial charge in [-0.2, -0.15) is 0 Å². The summed E-state index contributed by atoms with van der Waals surface area (Å²) < 4.78 is 21.9. The van der Waals surface area contributed by atoms with Crippen LogP contribution in [-0.2, 0) is 9.47 Å². The van der Waals surface area contributed by atoms with Gasteiger partial charge in [-0.3, -0.25) is 4.79 Å². The standard InChI is InChI=1S/C28H24O16/c29-11-6-14(32)19-17(7-11)42-25(9-1-2-12(30)13(31)3-9)26(22(19)37)44-28-24(39)23(38)21(36)18(43-28)8-41-27(40)10-4-15(33)20(35)16(34)5-10/h1-7,18,21,23-24,28-36,38-39H,8H2/t18-,21-,23?,24?,28+/m1/s1. The fourth-order valence-corrected chi connectivity index (χ4v) is 4.46. The number of fused-ring (bicyclic) bond motifs is 1. The van der Waals surface area contributed by atoms with E-state index in [1.165, 1.54) is 6.07 Å². The van der Waals surface area contributed by atoms with Gasteiger partial charge in [0.05, 0.1) is 5.56 Å². The van der Waals surface area contributed by atoms with Crippen molar-refractivity contribution in [2.45, 2.75) is 30.7 Å². The number of esters is 1. The molecule has 10 N–H and O–H groups in total. The predicted octanol–water partition coefficient (Wildman–Crippen LogP) is 0.443. The maximum atomic E-state index is 13.5. The molecule has 16 nitrogen and oxygen atoms in total. The monoisotopic (exact) mass is 616 g/mol. The van der Waals surface area contributed by atoms with Gasteiger partial charge in [0.15, 0.2) is 34.5 Å². The number of hydrogen-bond donors (Lipinski definition) is 10. The molecule has 0 amide bonds. The minimum Gasteiger partial charge on any atom is -0.508 e. The first-order chi connectivity index (χ1) is 20.8. The van der Waals surface area contributed by atoms with Gasteiger partial charge in [0.25, 0.3) is 0 Å². The molecule has 0 spiro atoms. The molecule has 3 aromatic carbocycles. The maximum absolute atomic E-state index is 13.5. The number of phenols is 7. The lowest BCUT2D eigenvalue weighted by Gasteiger charge is -2.39. The van der Waals surface area contributed by atoms with Crippen molar-refractivity contribution in [1.82, 2.24) is 0 Å². The Balaban J connectivity index is 1.48. The number of phenolic OH excluding ortho intramolecular Hbond substituents is 7. The van der Waals surface area contributed by atoms with Crippen molar-refractivity contribution < 1.29 is 74.5 Å². The van der Waals surface area contributed by atoms with E-state index in [0.29, 0.717) is 0 Å². The van der Waals surface area contributed by atoms with E-state index < -0.39 is 111 Å². The van der Waals surface area contributed by atoms with E-state index in [-0.39, 0.29) is 11.1 Å². The summed E-state index contributed by atoms with van der Waals surface area (Å²) in [6, 6.07) is 6.70. The molecular weight excluding hydrogens is 592 g/mol. The van der Waals surface area contributed by atoms with Crippen LogP contribution in [0.25, 0.3) is 22.3 Å². The SMILES string of the molecule is O=C(OC[C@H]1O[C@@H](Oc2c(-c3ccc(O)c(O)c3)oc3cc(O)cc(O)c3c2=O)C(O)C(O)[C@@H]1O)c1cc(O)c(O)c(O)c1. The van der Waals surface area contributed by atoms with Crippen LogP contribution in [0, 0.1) is 0 Å². The highest BCUT2D eigenvalue weighted by Gasteiger charge is 2.46. The van der Waals surface area contributed by atoms with Gasteiger partial charge in [-0.25, -0.2) is 4.79 Å². The lowest BCUT2D eigenvalue weighted by Crippen LogP contribution is -2.60. The van der Waals surface area contributed by atoms with Crippen LogP contribution < -0.4 is 10.2 Å². The maximum Gasteiger partial charge on any atom is 0.338 e. The highest BCUT2D eigenvalue weighted by atomic mass is 16.7. The average molecular weight is 616 g/mol. The minimum absolute atomic E-state index is 0.0612. The fraction of sp³-hybridized carbons (Fsp3) is 0.214. The molecule has 5 atom stereocenters. The van der Waals surface area contributed by atoms with Crippen LogP contribution in [0.4, 0.5) is 0 Å².